The van der Waals surface area contributed by atoms with Crippen LogP contribution in [0.1, 0.15) is 52.9 Å². The van der Waals surface area contributed by atoms with E-state index >= 15 is 0 Å². The van der Waals surface area contributed by atoms with Gasteiger partial charge in [-0.25, -0.2) is 0 Å². The van der Waals surface area contributed by atoms with Crippen LogP contribution in [0.4, 0.5) is 32.0 Å². The zero-order valence-electron chi connectivity index (χ0n) is 24.8. The molecule has 2 aliphatic heterocycles. The molecular formula is C34H33F6N3O3. The molecule has 2 fully saturated rings. The number of alkyl halides is 6. The SMILES string of the molecule is O=C(NC1CCN(Cc2ccc(C(F)(F)F)cc2)CC1)c1cc2ccc(OC3CCN(c4ccc(C(F)(F)F)cc4)CC3)cc2o1. The molecule has 0 saturated carbocycles. The summed E-state index contributed by atoms with van der Waals surface area (Å²) >= 11 is 0. The third-order valence-corrected chi connectivity index (χ3v) is 8.63. The third-order valence-electron chi connectivity index (χ3n) is 8.63. The Hall–Kier alpha value is -4.19. The fourth-order valence-electron chi connectivity index (χ4n) is 6.03. The smallest absolute Gasteiger partial charge is 0.416 e. The van der Waals surface area contributed by atoms with E-state index in [0.29, 0.717) is 69.7 Å². The number of hydrogen-bond donors (Lipinski definition) is 1. The highest BCUT2D eigenvalue weighted by atomic mass is 19.4. The van der Waals surface area contributed by atoms with Crippen molar-refractivity contribution in [1.82, 2.24) is 10.2 Å². The molecule has 12 heteroatoms. The van der Waals surface area contributed by atoms with Crippen LogP contribution < -0.4 is 15.0 Å². The Morgan fingerprint density at radius 2 is 1.39 bits per heavy atom. The lowest BCUT2D eigenvalue weighted by atomic mass is 10.0. The molecule has 2 aliphatic rings. The van der Waals surface area contributed by atoms with Gasteiger partial charge < -0.3 is 19.4 Å². The summed E-state index contributed by atoms with van der Waals surface area (Å²) in [6.07, 6.45) is -5.95. The zero-order valence-corrected chi connectivity index (χ0v) is 24.8. The largest absolute Gasteiger partial charge is 0.490 e. The Labute approximate surface area is 261 Å². The molecule has 1 amide bonds. The quantitative estimate of drug-likeness (QED) is 0.207. The molecule has 46 heavy (non-hydrogen) atoms. The third kappa shape index (κ3) is 7.60. The van der Waals surface area contributed by atoms with Crippen molar-refractivity contribution in [3.05, 3.63) is 95.2 Å². The van der Waals surface area contributed by atoms with Crippen molar-refractivity contribution < 1.29 is 40.3 Å². The number of nitrogens with zero attached hydrogens (tertiary/aromatic N) is 2. The van der Waals surface area contributed by atoms with Gasteiger partial charge in [-0.1, -0.05) is 12.1 Å². The van der Waals surface area contributed by atoms with Crippen LogP contribution in [0.5, 0.6) is 5.75 Å². The Morgan fingerprint density at radius 3 is 2.00 bits per heavy atom. The predicted molar refractivity (Wildman–Crippen MR) is 161 cm³/mol. The maximum Gasteiger partial charge on any atom is 0.416 e. The molecule has 0 radical (unpaired) electrons. The van der Waals surface area contributed by atoms with E-state index in [9.17, 15) is 31.1 Å². The topological polar surface area (TPSA) is 58.0 Å². The number of furan rings is 1. The van der Waals surface area contributed by atoms with Gasteiger partial charge in [0.15, 0.2) is 5.76 Å². The molecule has 3 heterocycles. The molecule has 0 bridgehead atoms. The first-order chi connectivity index (χ1) is 21.9. The highest BCUT2D eigenvalue weighted by Crippen LogP contribution is 2.32. The lowest BCUT2D eigenvalue weighted by Gasteiger charge is -2.33. The number of fused-ring (bicyclic) bond motifs is 1. The van der Waals surface area contributed by atoms with E-state index in [4.69, 9.17) is 9.15 Å². The number of halogens is 6. The molecule has 6 nitrogen and oxygen atoms in total. The summed E-state index contributed by atoms with van der Waals surface area (Å²) in [7, 11) is 0. The van der Waals surface area contributed by atoms with Crippen LogP contribution in [-0.2, 0) is 18.9 Å². The lowest BCUT2D eigenvalue weighted by Crippen LogP contribution is -2.44. The summed E-state index contributed by atoms with van der Waals surface area (Å²) in [5.41, 5.74) is 0.755. The lowest BCUT2D eigenvalue weighted by molar-refractivity contribution is -0.138. The highest BCUT2D eigenvalue weighted by molar-refractivity contribution is 5.96. The molecule has 0 spiro atoms. The average Bonchev–Trinajstić information content (AvgIpc) is 3.46. The number of amides is 1. The molecule has 0 unspecified atom stereocenters. The standard InChI is InChI=1S/C34H33F6N3O3/c35-33(36,37)24-4-1-22(2-5-24)21-42-15-11-26(12-16-42)41-32(44)31-19-23-3-10-29(20-30(23)46-31)45-28-13-17-43(18-14-28)27-8-6-25(7-9-27)34(38,39)40/h1-10,19-20,26,28H,11-18,21H2,(H,41,44). The van der Waals surface area contributed by atoms with Crippen molar-refractivity contribution in [3.8, 4) is 5.75 Å². The summed E-state index contributed by atoms with van der Waals surface area (Å²) in [5.74, 6) is 0.502. The molecule has 3 aromatic carbocycles. The summed E-state index contributed by atoms with van der Waals surface area (Å²) in [5, 5.41) is 3.80. The van der Waals surface area contributed by atoms with Crippen LogP contribution in [0.25, 0.3) is 11.0 Å². The van der Waals surface area contributed by atoms with E-state index in [-0.39, 0.29) is 23.8 Å². The van der Waals surface area contributed by atoms with Crippen LogP contribution in [0.2, 0.25) is 0 Å². The fraction of sp³-hybridized carbons (Fsp3) is 0.382. The van der Waals surface area contributed by atoms with E-state index in [1.165, 1.54) is 24.3 Å². The van der Waals surface area contributed by atoms with Crippen LogP contribution >= 0.6 is 0 Å². The number of likely N-dealkylation sites (tertiary alicyclic amines) is 1. The first-order valence-electron chi connectivity index (χ1n) is 15.2. The van der Waals surface area contributed by atoms with Crippen molar-refractivity contribution >= 4 is 22.6 Å². The molecule has 244 valence electrons. The van der Waals surface area contributed by atoms with E-state index < -0.39 is 23.5 Å². The minimum Gasteiger partial charge on any atom is -0.490 e. The van der Waals surface area contributed by atoms with E-state index in [0.717, 1.165) is 40.9 Å². The van der Waals surface area contributed by atoms with Crippen molar-refractivity contribution in [2.45, 2.75) is 56.7 Å². The molecule has 1 aromatic heterocycles. The van der Waals surface area contributed by atoms with E-state index in [2.05, 4.69) is 10.2 Å². The van der Waals surface area contributed by atoms with E-state index in [1.807, 2.05) is 17.0 Å². The van der Waals surface area contributed by atoms with Crippen molar-refractivity contribution in [3.63, 3.8) is 0 Å². The highest BCUT2D eigenvalue weighted by Gasteiger charge is 2.31. The number of carbonyl (C=O) groups excluding carboxylic acids is 1. The molecular weight excluding hydrogens is 612 g/mol. The van der Waals surface area contributed by atoms with Gasteiger partial charge in [-0.15, -0.1) is 0 Å². The van der Waals surface area contributed by atoms with Gasteiger partial charge in [-0.3, -0.25) is 9.69 Å². The molecule has 0 atom stereocenters. The number of anilines is 1. The maximum absolute atomic E-state index is 13.0. The Balaban J connectivity index is 0.969. The second kappa shape index (κ2) is 12.9. The second-order valence-electron chi connectivity index (χ2n) is 11.9. The Morgan fingerprint density at radius 1 is 0.783 bits per heavy atom. The summed E-state index contributed by atoms with van der Waals surface area (Å²) in [6.45, 7) is 3.26. The number of rotatable bonds is 7. The number of ether oxygens (including phenoxy) is 1. The first-order valence-corrected chi connectivity index (χ1v) is 15.2. The van der Waals surface area contributed by atoms with Gasteiger partial charge in [0, 0.05) is 68.7 Å². The number of nitrogens with one attached hydrogen (secondary N) is 1. The first kappa shape index (κ1) is 31.8. The number of piperidine rings is 2. The summed E-state index contributed by atoms with van der Waals surface area (Å²) in [4.78, 5) is 17.2. The Kier molecular flexibility index (Phi) is 8.91. The number of benzene rings is 3. The maximum atomic E-state index is 13.0. The summed E-state index contributed by atoms with van der Waals surface area (Å²) < 4.78 is 89.1. The van der Waals surface area contributed by atoms with Gasteiger partial charge in [0.2, 0.25) is 0 Å². The van der Waals surface area contributed by atoms with Gasteiger partial charge in [-0.2, -0.15) is 26.3 Å². The normalized spacial score (nSPS) is 17.4. The molecule has 4 aromatic rings. The van der Waals surface area contributed by atoms with Gasteiger partial charge >= 0.3 is 12.4 Å². The minimum absolute atomic E-state index is 0.0445. The van der Waals surface area contributed by atoms with Gasteiger partial charge in [0.05, 0.1) is 11.1 Å². The van der Waals surface area contributed by atoms with Crippen LogP contribution in [0.15, 0.2) is 77.2 Å². The fourth-order valence-corrected chi connectivity index (χ4v) is 6.03. The molecule has 0 aliphatic carbocycles. The average molecular weight is 646 g/mol. The minimum atomic E-state index is -4.36. The van der Waals surface area contributed by atoms with Crippen molar-refractivity contribution in [2.24, 2.45) is 0 Å². The van der Waals surface area contributed by atoms with Gasteiger partial charge in [-0.05, 0) is 73.0 Å². The second-order valence-corrected chi connectivity index (χ2v) is 11.9. The van der Waals surface area contributed by atoms with Crippen molar-refractivity contribution in [2.75, 3.05) is 31.1 Å². The molecule has 6 rings (SSSR count). The van der Waals surface area contributed by atoms with Gasteiger partial charge in [0.1, 0.15) is 17.4 Å². The number of carbonyl (C=O) groups is 1. The predicted octanol–water partition coefficient (Wildman–Crippen LogP) is 7.91. The van der Waals surface area contributed by atoms with Gasteiger partial charge in [0.25, 0.3) is 5.91 Å². The van der Waals surface area contributed by atoms with Crippen LogP contribution in [-0.4, -0.2) is 49.1 Å². The summed E-state index contributed by atoms with van der Waals surface area (Å²) in [6, 6.07) is 17.5. The van der Waals surface area contributed by atoms with E-state index in [1.54, 1.807) is 12.1 Å². The van der Waals surface area contributed by atoms with Crippen molar-refractivity contribution in [1.29, 1.82) is 0 Å². The Bertz CT molecular complexity index is 1630. The monoisotopic (exact) mass is 645 g/mol. The molecule has 2 saturated heterocycles. The van der Waals surface area contributed by atoms with Crippen LogP contribution in [0.3, 0.4) is 0 Å². The zero-order chi connectivity index (χ0) is 32.5. The van der Waals surface area contributed by atoms with Crippen LogP contribution in [0, 0.1) is 0 Å². The number of hydrogen-bond acceptors (Lipinski definition) is 5. The molecule has 1 N–H and O–H groups in total.